The summed E-state index contributed by atoms with van der Waals surface area (Å²) in [6.45, 7) is 5.00. The van der Waals surface area contributed by atoms with Gasteiger partial charge in [0.05, 0.1) is 6.54 Å². The van der Waals surface area contributed by atoms with Gasteiger partial charge in [0.2, 0.25) is 0 Å². The zero-order valence-electron chi connectivity index (χ0n) is 7.59. The van der Waals surface area contributed by atoms with Crippen molar-refractivity contribution in [3.8, 4) is 12.3 Å². The number of guanidine groups is 1. The third-order valence-electron chi connectivity index (χ3n) is 1.71. The first-order chi connectivity index (χ1) is 5.72. The summed E-state index contributed by atoms with van der Waals surface area (Å²) in [7, 11) is 0. The van der Waals surface area contributed by atoms with Crippen LogP contribution in [0.1, 0.15) is 20.3 Å². The number of rotatable bonds is 2. The summed E-state index contributed by atoms with van der Waals surface area (Å²) in [4.78, 5) is 4.26. The highest BCUT2D eigenvalue weighted by atomic mass is 15.2. The van der Waals surface area contributed by atoms with Crippen LogP contribution in [0.15, 0.2) is 4.99 Å². The summed E-state index contributed by atoms with van der Waals surface area (Å²) in [6.07, 6.45) is 5.91. The van der Waals surface area contributed by atoms with Gasteiger partial charge >= 0.3 is 0 Å². The smallest absolute Gasteiger partial charge is 0.191 e. The molecular formula is C9H15N3. The van der Waals surface area contributed by atoms with E-state index in [1.807, 2.05) is 6.92 Å². The first-order valence-electron chi connectivity index (χ1n) is 4.23. The van der Waals surface area contributed by atoms with Crippen LogP contribution in [0.3, 0.4) is 0 Å². The maximum atomic E-state index is 5.18. The van der Waals surface area contributed by atoms with E-state index in [-0.39, 0.29) is 0 Å². The lowest BCUT2D eigenvalue weighted by atomic mass is 10.2. The molecule has 0 aromatic carbocycles. The highest BCUT2D eigenvalue weighted by molar-refractivity contribution is 5.81. The van der Waals surface area contributed by atoms with Gasteiger partial charge in [-0.1, -0.05) is 0 Å². The SMILES string of the molecule is C#CCC(C)NC1=NCC(C)N1. The highest BCUT2D eigenvalue weighted by Gasteiger charge is 2.13. The Balaban J connectivity index is 2.28. The lowest BCUT2D eigenvalue weighted by Gasteiger charge is -2.13. The van der Waals surface area contributed by atoms with Crippen LogP contribution in [0.25, 0.3) is 0 Å². The van der Waals surface area contributed by atoms with E-state index < -0.39 is 0 Å². The van der Waals surface area contributed by atoms with Crippen molar-refractivity contribution in [1.29, 1.82) is 0 Å². The van der Waals surface area contributed by atoms with E-state index in [1.165, 1.54) is 0 Å². The minimum atomic E-state index is 0.298. The molecule has 0 spiro atoms. The van der Waals surface area contributed by atoms with Crippen LogP contribution in [0.5, 0.6) is 0 Å². The molecule has 2 unspecified atom stereocenters. The molecule has 1 aliphatic heterocycles. The van der Waals surface area contributed by atoms with Gasteiger partial charge in [-0.25, -0.2) is 0 Å². The average Bonchev–Trinajstić information content (AvgIpc) is 2.36. The van der Waals surface area contributed by atoms with E-state index in [4.69, 9.17) is 6.42 Å². The molecule has 0 saturated heterocycles. The summed E-state index contributed by atoms with van der Waals surface area (Å²) < 4.78 is 0. The van der Waals surface area contributed by atoms with E-state index in [0.717, 1.165) is 18.9 Å². The molecule has 2 N–H and O–H groups in total. The third-order valence-corrected chi connectivity index (χ3v) is 1.71. The highest BCUT2D eigenvalue weighted by Crippen LogP contribution is 1.94. The lowest BCUT2D eigenvalue weighted by Crippen LogP contribution is -2.41. The molecule has 3 heteroatoms. The normalized spacial score (nSPS) is 23.8. The second kappa shape index (κ2) is 4.01. The molecule has 0 aliphatic carbocycles. The number of nitrogens with zero attached hydrogens (tertiary/aromatic N) is 1. The minimum absolute atomic E-state index is 0.298. The van der Waals surface area contributed by atoms with Crippen molar-refractivity contribution in [2.45, 2.75) is 32.4 Å². The zero-order valence-corrected chi connectivity index (χ0v) is 7.59. The van der Waals surface area contributed by atoms with Gasteiger partial charge in [0.25, 0.3) is 0 Å². The Labute approximate surface area is 73.6 Å². The maximum absolute atomic E-state index is 5.18. The van der Waals surface area contributed by atoms with Crippen molar-refractivity contribution < 1.29 is 0 Å². The number of terminal acetylenes is 1. The largest absolute Gasteiger partial charge is 0.353 e. The first-order valence-corrected chi connectivity index (χ1v) is 4.23. The molecule has 3 nitrogen and oxygen atoms in total. The van der Waals surface area contributed by atoms with Crippen LogP contribution < -0.4 is 10.6 Å². The monoisotopic (exact) mass is 165 g/mol. The molecule has 0 aromatic heterocycles. The second-order valence-electron chi connectivity index (χ2n) is 3.19. The summed E-state index contributed by atoms with van der Waals surface area (Å²) in [6, 6.07) is 0.747. The van der Waals surface area contributed by atoms with E-state index in [9.17, 15) is 0 Å². The summed E-state index contributed by atoms with van der Waals surface area (Å²) in [5.74, 6) is 3.49. The molecule has 1 heterocycles. The van der Waals surface area contributed by atoms with Crippen LogP contribution in [-0.4, -0.2) is 24.6 Å². The van der Waals surface area contributed by atoms with Gasteiger partial charge < -0.3 is 10.6 Å². The Kier molecular flexibility index (Phi) is 2.98. The van der Waals surface area contributed by atoms with Gasteiger partial charge in [-0.15, -0.1) is 12.3 Å². The molecule has 0 fully saturated rings. The molecule has 2 atom stereocenters. The second-order valence-corrected chi connectivity index (χ2v) is 3.19. The molecular weight excluding hydrogens is 150 g/mol. The van der Waals surface area contributed by atoms with Crippen LogP contribution in [0.4, 0.5) is 0 Å². The van der Waals surface area contributed by atoms with Gasteiger partial charge in [0.15, 0.2) is 5.96 Å². The Morgan fingerprint density at radius 2 is 2.67 bits per heavy atom. The van der Waals surface area contributed by atoms with Crippen LogP contribution in [-0.2, 0) is 0 Å². The standard InChI is InChI=1S/C9H15N3/c1-4-5-7(2)11-9-10-6-8(3)12-9/h1,7-8H,5-6H2,2-3H3,(H2,10,11,12). The van der Waals surface area contributed by atoms with Crippen LogP contribution in [0.2, 0.25) is 0 Å². The zero-order chi connectivity index (χ0) is 8.97. The van der Waals surface area contributed by atoms with Gasteiger partial charge in [-0.2, -0.15) is 0 Å². The van der Waals surface area contributed by atoms with Crippen molar-refractivity contribution in [2.24, 2.45) is 4.99 Å². The molecule has 0 aromatic rings. The van der Waals surface area contributed by atoms with Crippen molar-refractivity contribution >= 4 is 5.96 Å². The fourth-order valence-corrected chi connectivity index (χ4v) is 1.10. The predicted molar refractivity (Wildman–Crippen MR) is 50.9 cm³/mol. The number of hydrogen-bond donors (Lipinski definition) is 2. The van der Waals surface area contributed by atoms with Crippen molar-refractivity contribution in [1.82, 2.24) is 10.6 Å². The van der Waals surface area contributed by atoms with E-state index in [1.54, 1.807) is 0 Å². The van der Waals surface area contributed by atoms with Crippen LogP contribution in [0, 0.1) is 12.3 Å². The quantitative estimate of drug-likeness (QED) is 0.579. The molecule has 12 heavy (non-hydrogen) atoms. The van der Waals surface area contributed by atoms with E-state index in [2.05, 4.69) is 28.5 Å². The Hall–Kier alpha value is -1.17. The summed E-state index contributed by atoms with van der Waals surface area (Å²) in [5.41, 5.74) is 0. The summed E-state index contributed by atoms with van der Waals surface area (Å²) in [5, 5.41) is 6.42. The maximum Gasteiger partial charge on any atom is 0.191 e. The van der Waals surface area contributed by atoms with Gasteiger partial charge in [-0.05, 0) is 13.8 Å². The molecule has 0 saturated carbocycles. The topological polar surface area (TPSA) is 36.4 Å². The lowest BCUT2D eigenvalue weighted by molar-refractivity contribution is 0.656. The third kappa shape index (κ3) is 2.46. The average molecular weight is 165 g/mol. The molecule has 1 rings (SSSR count). The number of hydrogen-bond acceptors (Lipinski definition) is 3. The van der Waals surface area contributed by atoms with Crippen molar-refractivity contribution in [3.63, 3.8) is 0 Å². The van der Waals surface area contributed by atoms with Gasteiger partial charge in [-0.3, -0.25) is 4.99 Å². The van der Waals surface area contributed by atoms with Crippen molar-refractivity contribution in [3.05, 3.63) is 0 Å². The first kappa shape index (κ1) is 8.92. The van der Waals surface area contributed by atoms with E-state index in [0.29, 0.717) is 12.1 Å². The fourth-order valence-electron chi connectivity index (χ4n) is 1.10. The Morgan fingerprint density at radius 3 is 3.17 bits per heavy atom. The molecule has 0 bridgehead atoms. The Bertz CT molecular complexity index is 214. The predicted octanol–water partition coefficient (Wildman–Crippen LogP) is 0.335. The molecule has 1 aliphatic rings. The minimum Gasteiger partial charge on any atom is -0.353 e. The number of aliphatic imine (C=N–C) groups is 1. The Morgan fingerprint density at radius 1 is 1.92 bits per heavy atom. The molecule has 0 amide bonds. The van der Waals surface area contributed by atoms with Gasteiger partial charge in [0.1, 0.15) is 0 Å². The fraction of sp³-hybridized carbons (Fsp3) is 0.667. The van der Waals surface area contributed by atoms with E-state index >= 15 is 0 Å². The van der Waals surface area contributed by atoms with Gasteiger partial charge in [0, 0.05) is 18.5 Å². The number of nitrogens with one attached hydrogen (secondary N) is 2. The van der Waals surface area contributed by atoms with Crippen LogP contribution >= 0.6 is 0 Å². The molecule has 0 radical (unpaired) electrons. The molecule has 66 valence electrons. The van der Waals surface area contributed by atoms with Crippen molar-refractivity contribution in [2.75, 3.05) is 6.54 Å². The summed E-state index contributed by atoms with van der Waals surface area (Å²) >= 11 is 0.